The molecule has 0 saturated heterocycles. The molecular formula is C70H52N8O. The van der Waals surface area contributed by atoms with Crippen LogP contribution in [0.5, 0.6) is 0 Å². The molecule has 0 fully saturated rings. The van der Waals surface area contributed by atoms with Crippen molar-refractivity contribution in [3.8, 4) is 0 Å². The Balaban J connectivity index is 0.776. The van der Waals surface area contributed by atoms with Crippen molar-refractivity contribution in [2.75, 3.05) is 9.80 Å². The highest BCUT2D eigenvalue weighted by Crippen LogP contribution is 2.37. The number of hydrogen-bond donors (Lipinski definition) is 0. The lowest BCUT2D eigenvalue weighted by Gasteiger charge is -2.26. The van der Waals surface area contributed by atoms with Gasteiger partial charge >= 0.3 is 0 Å². The number of anilines is 6. The molecule has 0 aliphatic rings. The lowest BCUT2D eigenvalue weighted by Crippen LogP contribution is -2.09. The van der Waals surface area contributed by atoms with E-state index in [9.17, 15) is 0 Å². The standard InChI is InChI=1S/C70H52N8O/c1-5-49-71-59(9-1)31-13-53-17-35-63(36-18-53)77(64-37-19-54(20-38-64)14-32-60-10-2-6-50-72-60)67-43-25-57(26-44-67)29-47-69-75-76-70(79-69)48-30-58-27-45-68(46-28-58)78(65-39-21-55(22-40-65)15-33-61-11-3-7-51-73-61)66-41-23-56(24-42-66)16-34-62-12-4-8-52-74-62/h1-52H/b31-13+,32-14+,33-15+,34-16+,47-29+,48-30+. The summed E-state index contributed by atoms with van der Waals surface area (Å²) >= 11 is 0. The fourth-order valence-corrected chi connectivity index (χ4v) is 8.64. The van der Waals surface area contributed by atoms with Gasteiger partial charge < -0.3 is 14.2 Å². The lowest BCUT2D eigenvalue weighted by molar-refractivity contribution is 0.533. The normalized spacial score (nSPS) is 11.7. The Morgan fingerprint density at radius 2 is 0.443 bits per heavy atom. The molecule has 0 spiro atoms. The summed E-state index contributed by atoms with van der Waals surface area (Å²) in [6, 6.07) is 74.5. The van der Waals surface area contributed by atoms with Gasteiger partial charge in [-0.1, -0.05) is 121 Å². The Hall–Kier alpha value is -10.9. The van der Waals surface area contributed by atoms with Crippen LogP contribution in [0.4, 0.5) is 34.1 Å². The molecule has 0 atom stereocenters. The third kappa shape index (κ3) is 13.7. The number of benzene rings is 6. The first-order valence-corrected chi connectivity index (χ1v) is 25.9. The van der Waals surface area contributed by atoms with E-state index in [1.807, 2.05) is 121 Å². The molecule has 79 heavy (non-hydrogen) atoms. The second-order valence-corrected chi connectivity index (χ2v) is 18.2. The predicted molar refractivity (Wildman–Crippen MR) is 327 cm³/mol. The summed E-state index contributed by atoms with van der Waals surface area (Å²) in [6.07, 6.45) is 31.2. The Bertz CT molecular complexity index is 3430. The van der Waals surface area contributed by atoms with E-state index >= 15 is 0 Å². The van der Waals surface area contributed by atoms with Crippen LogP contribution in [0.25, 0.3) is 72.9 Å². The third-order valence-corrected chi connectivity index (χ3v) is 12.7. The third-order valence-electron chi connectivity index (χ3n) is 12.7. The quantitative estimate of drug-likeness (QED) is 0.0832. The van der Waals surface area contributed by atoms with E-state index in [0.717, 1.165) is 90.3 Å². The second-order valence-electron chi connectivity index (χ2n) is 18.2. The topological polar surface area (TPSA) is 97.0 Å². The summed E-state index contributed by atoms with van der Waals surface area (Å²) in [5.74, 6) is 0.810. The molecule has 0 aliphatic carbocycles. The van der Waals surface area contributed by atoms with Crippen LogP contribution in [0, 0.1) is 0 Å². The number of hydrogen-bond acceptors (Lipinski definition) is 9. The van der Waals surface area contributed by atoms with Crippen molar-refractivity contribution in [2.24, 2.45) is 0 Å². The zero-order chi connectivity index (χ0) is 53.3. The SMILES string of the molecule is C(=C\c1ccccn1)/c1ccc(N(c2ccc(/C=C/c3ccccn3)cc2)c2ccc(/C=C/c3nnc(/C=C/c4ccc(N(c5ccc(/C=C/c6ccccn6)cc5)c5ccc(/C=C/c6ccccn6)cc5)cc4)o3)cc2)cc1. The van der Waals surface area contributed by atoms with Crippen LogP contribution in [0.3, 0.4) is 0 Å². The van der Waals surface area contributed by atoms with E-state index in [-0.39, 0.29) is 0 Å². The maximum atomic E-state index is 6.05. The average molecular weight is 1020 g/mol. The smallest absolute Gasteiger partial charge is 0.240 e. The van der Waals surface area contributed by atoms with Crippen LogP contribution in [0.2, 0.25) is 0 Å². The first kappa shape index (κ1) is 50.3. The van der Waals surface area contributed by atoms with E-state index in [1.165, 1.54) is 0 Å². The molecule has 0 unspecified atom stereocenters. The van der Waals surface area contributed by atoms with E-state index in [4.69, 9.17) is 4.42 Å². The molecule has 0 amide bonds. The number of pyridine rings is 4. The van der Waals surface area contributed by atoms with E-state index in [1.54, 1.807) is 24.8 Å². The molecule has 378 valence electrons. The minimum absolute atomic E-state index is 0.405. The van der Waals surface area contributed by atoms with Gasteiger partial charge in [0.1, 0.15) is 0 Å². The van der Waals surface area contributed by atoms with Crippen molar-refractivity contribution in [1.29, 1.82) is 0 Å². The molecule has 0 bridgehead atoms. The second kappa shape index (κ2) is 25.1. The van der Waals surface area contributed by atoms with Gasteiger partial charge in [-0.2, -0.15) is 0 Å². The molecule has 6 aromatic carbocycles. The summed E-state index contributed by atoms with van der Waals surface area (Å²) in [5, 5.41) is 8.63. The summed E-state index contributed by atoms with van der Waals surface area (Å²) in [4.78, 5) is 22.2. The van der Waals surface area contributed by atoms with Gasteiger partial charge in [0, 0.05) is 71.1 Å². The highest BCUT2D eigenvalue weighted by molar-refractivity contribution is 5.82. The van der Waals surface area contributed by atoms with Crippen LogP contribution < -0.4 is 9.80 Å². The van der Waals surface area contributed by atoms with Crippen molar-refractivity contribution >= 4 is 107 Å². The number of rotatable bonds is 18. The molecule has 0 aliphatic heterocycles. The average Bonchev–Trinajstić information content (AvgIpc) is 4.01. The van der Waals surface area contributed by atoms with Crippen molar-refractivity contribution in [1.82, 2.24) is 30.1 Å². The van der Waals surface area contributed by atoms with E-state index in [2.05, 4.69) is 210 Å². The maximum absolute atomic E-state index is 6.05. The van der Waals surface area contributed by atoms with Crippen LogP contribution in [-0.4, -0.2) is 30.1 Å². The zero-order valence-electron chi connectivity index (χ0n) is 43.0. The summed E-state index contributed by atoms with van der Waals surface area (Å²) in [5.41, 5.74) is 16.1. The molecular weight excluding hydrogens is 969 g/mol. The molecule has 0 N–H and O–H groups in total. The fraction of sp³-hybridized carbons (Fsp3) is 0. The zero-order valence-corrected chi connectivity index (χ0v) is 43.0. The van der Waals surface area contributed by atoms with E-state index in [0.29, 0.717) is 11.8 Å². The van der Waals surface area contributed by atoms with Crippen LogP contribution >= 0.6 is 0 Å². The Morgan fingerprint density at radius 1 is 0.228 bits per heavy atom. The van der Waals surface area contributed by atoms with Gasteiger partial charge in [0.2, 0.25) is 11.8 Å². The Morgan fingerprint density at radius 3 is 0.646 bits per heavy atom. The molecule has 11 aromatic rings. The van der Waals surface area contributed by atoms with E-state index < -0.39 is 0 Å². The molecule has 0 saturated carbocycles. The summed E-state index contributed by atoms with van der Waals surface area (Å²) in [7, 11) is 0. The molecule has 0 radical (unpaired) electrons. The fourth-order valence-electron chi connectivity index (χ4n) is 8.64. The highest BCUT2D eigenvalue weighted by atomic mass is 16.4. The van der Waals surface area contributed by atoms with Crippen molar-refractivity contribution in [3.63, 3.8) is 0 Å². The van der Waals surface area contributed by atoms with Crippen molar-refractivity contribution < 1.29 is 4.42 Å². The van der Waals surface area contributed by atoms with Crippen LogP contribution in [0.1, 0.15) is 67.9 Å². The molecule has 5 aromatic heterocycles. The van der Waals surface area contributed by atoms with Crippen molar-refractivity contribution in [2.45, 2.75) is 0 Å². The largest absolute Gasteiger partial charge is 0.417 e. The Labute approximate surface area is 460 Å². The van der Waals surface area contributed by atoms with Gasteiger partial charge in [0.25, 0.3) is 0 Å². The van der Waals surface area contributed by atoms with Crippen molar-refractivity contribution in [3.05, 3.63) is 311 Å². The minimum Gasteiger partial charge on any atom is -0.417 e. The monoisotopic (exact) mass is 1020 g/mol. The first-order chi connectivity index (χ1) is 39.1. The Kier molecular flexibility index (Phi) is 16.0. The first-order valence-electron chi connectivity index (χ1n) is 25.9. The summed E-state index contributed by atoms with van der Waals surface area (Å²) < 4.78 is 6.05. The lowest BCUT2D eigenvalue weighted by atomic mass is 10.1. The van der Waals surface area contributed by atoms with Crippen LogP contribution in [0.15, 0.2) is 248 Å². The summed E-state index contributed by atoms with van der Waals surface area (Å²) in [6.45, 7) is 0. The molecule has 9 heteroatoms. The van der Waals surface area contributed by atoms with Gasteiger partial charge in [-0.25, -0.2) is 0 Å². The van der Waals surface area contributed by atoms with Gasteiger partial charge in [-0.3, -0.25) is 19.9 Å². The maximum Gasteiger partial charge on any atom is 0.240 e. The molecule has 5 heterocycles. The van der Waals surface area contributed by atoms with Crippen LogP contribution in [-0.2, 0) is 0 Å². The van der Waals surface area contributed by atoms with Gasteiger partial charge in [0.15, 0.2) is 0 Å². The van der Waals surface area contributed by atoms with Gasteiger partial charge in [-0.05, 0) is 191 Å². The number of nitrogens with zero attached hydrogens (tertiary/aromatic N) is 8. The van der Waals surface area contributed by atoms with Gasteiger partial charge in [0.05, 0.1) is 22.8 Å². The number of aromatic nitrogens is 6. The predicted octanol–water partition coefficient (Wildman–Crippen LogP) is 17.6. The molecule has 9 nitrogen and oxygen atoms in total. The minimum atomic E-state index is 0.405. The highest BCUT2D eigenvalue weighted by Gasteiger charge is 2.15. The van der Waals surface area contributed by atoms with Gasteiger partial charge in [-0.15, -0.1) is 10.2 Å². The molecule has 11 rings (SSSR count).